The standard InChI is InChI=1S/C38H30N2/c1-3-29-19-17-26-18-20-35-36(24-30(4-2)40-38(35)37(26)39-29)28-14-10-13-27(23-28)32-22-21-31(25-11-6-5-7-12-25)33-15-8-9-16-34(32)33/h5-24H,3-4H2,1-2H3. The molecule has 0 bridgehead atoms. The van der Waals surface area contributed by atoms with Crippen LogP contribution < -0.4 is 0 Å². The smallest absolute Gasteiger partial charge is 0.0974 e. The van der Waals surface area contributed by atoms with Gasteiger partial charge in [-0.2, -0.15) is 0 Å². The molecule has 0 fully saturated rings. The second kappa shape index (κ2) is 10.1. The van der Waals surface area contributed by atoms with E-state index in [1.807, 2.05) is 0 Å². The van der Waals surface area contributed by atoms with Crippen molar-refractivity contribution in [2.75, 3.05) is 0 Å². The Morgan fingerprint density at radius 1 is 0.425 bits per heavy atom. The van der Waals surface area contributed by atoms with Crippen molar-refractivity contribution in [1.29, 1.82) is 0 Å². The Kier molecular flexibility index (Phi) is 6.09. The van der Waals surface area contributed by atoms with Crippen LogP contribution in [0.25, 0.3) is 66.0 Å². The summed E-state index contributed by atoms with van der Waals surface area (Å²) in [5.74, 6) is 0. The van der Waals surface area contributed by atoms with Crippen molar-refractivity contribution < 1.29 is 0 Å². The number of aryl methyl sites for hydroxylation is 2. The fraction of sp³-hybridized carbons (Fsp3) is 0.105. The summed E-state index contributed by atoms with van der Waals surface area (Å²) in [5.41, 5.74) is 11.5. The molecular formula is C38H30N2. The summed E-state index contributed by atoms with van der Waals surface area (Å²) in [5, 5.41) is 4.81. The largest absolute Gasteiger partial charge is 0.251 e. The fourth-order valence-corrected chi connectivity index (χ4v) is 5.86. The van der Waals surface area contributed by atoms with E-state index < -0.39 is 0 Å². The van der Waals surface area contributed by atoms with E-state index in [0.717, 1.165) is 46.0 Å². The minimum Gasteiger partial charge on any atom is -0.251 e. The lowest BCUT2D eigenvalue weighted by Gasteiger charge is -2.15. The summed E-state index contributed by atoms with van der Waals surface area (Å²) in [6, 6.07) is 43.8. The lowest BCUT2D eigenvalue weighted by Crippen LogP contribution is -1.96. The number of rotatable bonds is 5. The predicted molar refractivity (Wildman–Crippen MR) is 170 cm³/mol. The van der Waals surface area contributed by atoms with Crippen LogP contribution in [0.3, 0.4) is 0 Å². The maximum Gasteiger partial charge on any atom is 0.0974 e. The minimum absolute atomic E-state index is 0.873. The molecule has 2 aromatic heterocycles. The second-order valence-electron chi connectivity index (χ2n) is 10.4. The molecule has 0 saturated carbocycles. The highest BCUT2D eigenvalue weighted by atomic mass is 14.8. The summed E-state index contributed by atoms with van der Waals surface area (Å²) in [6.45, 7) is 4.32. The minimum atomic E-state index is 0.873. The first-order valence-corrected chi connectivity index (χ1v) is 14.1. The van der Waals surface area contributed by atoms with Gasteiger partial charge in [0, 0.05) is 22.2 Å². The Morgan fingerprint density at radius 3 is 1.75 bits per heavy atom. The Bertz CT molecular complexity index is 2020. The van der Waals surface area contributed by atoms with E-state index in [1.54, 1.807) is 0 Å². The zero-order chi connectivity index (χ0) is 27.1. The van der Waals surface area contributed by atoms with Gasteiger partial charge in [-0.1, -0.05) is 117 Å². The van der Waals surface area contributed by atoms with Crippen molar-refractivity contribution in [3.63, 3.8) is 0 Å². The molecule has 2 heteroatoms. The van der Waals surface area contributed by atoms with Crippen molar-refractivity contribution in [1.82, 2.24) is 9.97 Å². The van der Waals surface area contributed by atoms with Gasteiger partial charge in [-0.05, 0) is 75.2 Å². The van der Waals surface area contributed by atoms with Crippen molar-refractivity contribution in [2.24, 2.45) is 0 Å². The number of benzene rings is 5. The molecule has 0 radical (unpaired) electrons. The van der Waals surface area contributed by atoms with Gasteiger partial charge in [0.1, 0.15) is 0 Å². The van der Waals surface area contributed by atoms with Gasteiger partial charge in [0.2, 0.25) is 0 Å². The van der Waals surface area contributed by atoms with Gasteiger partial charge in [0.05, 0.1) is 11.0 Å². The van der Waals surface area contributed by atoms with Crippen LogP contribution in [0, 0.1) is 0 Å². The van der Waals surface area contributed by atoms with E-state index in [2.05, 4.69) is 135 Å². The van der Waals surface area contributed by atoms with Crippen LogP contribution in [0.5, 0.6) is 0 Å². The molecule has 0 saturated heterocycles. The molecule has 7 rings (SSSR count). The van der Waals surface area contributed by atoms with Crippen LogP contribution in [-0.4, -0.2) is 9.97 Å². The highest BCUT2D eigenvalue weighted by Crippen LogP contribution is 2.38. The number of nitrogens with zero attached hydrogens (tertiary/aromatic N) is 2. The molecule has 192 valence electrons. The van der Waals surface area contributed by atoms with Gasteiger partial charge in [-0.25, -0.2) is 0 Å². The summed E-state index contributed by atoms with van der Waals surface area (Å²) in [6.07, 6.45) is 1.78. The summed E-state index contributed by atoms with van der Waals surface area (Å²) >= 11 is 0. The maximum absolute atomic E-state index is 5.08. The SMILES string of the molecule is CCc1ccc2ccc3c(-c4cccc(-c5ccc(-c6ccccc6)c6ccccc56)c4)cc(CC)nc3c2n1. The molecule has 0 N–H and O–H groups in total. The van der Waals surface area contributed by atoms with E-state index in [4.69, 9.17) is 9.97 Å². The van der Waals surface area contributed by atoms with Crippen LogP contribution in [0.1, 0.15) is 25.2 Å². The quantitative estimate of drug-likeness (QED) is 0.214. The summed E-state index contributed by atoms with van der Waals surface area (Å²) in [4.78, 5) is 10.1. The zero-order valence-electron chi connectivity index (χ0n) is 22.9. The highest BCUT2D eigenvalue weighted by molar-refractivity contribution is 6.09. The van der Waals surface area contributed by atoms with Gasteiger partial charge < -0.3 is 0 Å². The van der Waals surface area contributed by atoms with E-state index >= 15 is 0 Å². The Labute approximate surface area is 235 Å². The van der Waals surface area contributed by atoms with Gasteiger partial charge in [0.25, 0.3) is 0 Å². The van der Waals surface area contributed by atoms with Gasteiger partial charge in [-0.3, -0.25) is 9.97 Å². The molecule has 0 unspecified atom stereocenters. The number of aromatic nitrogens is 2. The Morgan fingerprint density at radius 2 is 1.02 bits per heavy atom. The van der Waals surface area contributed by atoms with E-state index in [1.165, 1.54) is 44.2 Å². The number of hydrogen-bond donors (Lipinski definition) is 0. The molecule has 0 atom stereocenters. The third-order valence-corrected chi connectivity index (χ3v) is 7.97. The molecule has 0 spiro atoms. The summed E-state index contributed by atoms with van der Waals surface area (Å²) < 4.78 is 0. The first-order valence-electron chi connectivity index (χ1n) is 14.1. The monoisotopic (exact) mass is 514 g/mol. The normalized spacial score (nSPS) is 11.4. The molecule has 40 heavy (non-hydrogen) atoms. The van der Waals surface area contributed by atoms with E-state index in [0.29, 0.717) is 0 Å². The van der Waals surface area contributed by atoms with Crippen molar-refractivity contribution in [3.8, 4) is 33.4 Å². The molecule has 7 aromatic rings. The molecule has 0 aliphatic carbocycles. The van der Waals surface area contributed by atoms with Gasteiger partial charge in [-0.15, -0.1) is 0 Å². The van der Waals surface area contributed by atoms with Crippen LogP contribution in [0.4, 0.5) is 0 Å². The lowest BCUT2D eigenvalue weighted by molar-refractivity contribution is 1.05. The average Bonchev–Trinajstić information content (AvgIpc) is 3.03. The third-order valence-electron chi connectivity index (χ3n) is 7.97. The van der Waals surface area contributed by atoms with Crippen LogP contribution >= 0.6 is 0 Å². The first-order chi connectivity index (χ1) is 19.7. The van der Waals surface area contributed by atoms with Crippen molar-refractivity contribution >= 4 is 32.6 Å². The summed E-state index contributed by atoms with van der Waals surface area (Å²) in [7, 11) is 0. The van der Waals surface area contributed by atoms with Crippen LogP contribution in [0.15, 0.2) is 121 Å². The molecule has 2 heterocycles. The number of pyridine rings is 2. The van der Waals surface area contributed by atoms with Crippen LogP contribution in [-0.2, 0) is 12.8 Å². The third kappa shape index (κ3) is 4.13. The van der Waals surface area contributed by atoms with Gasteiger partial charge >= 0.3 is 0 Å². The lowest BCUT2D eigenvalue weighted by atomic mass is 9.90. The van der Waals surface area contributed by atoms with Crippen molar-refractivity contribution in [3.05, 3.63) is 133 Å². The number of hydrogen-bond acceptors (Lipinski definition) is 2. The first kappa shape index (κ1) is 24.2. The van der Waals surface area contributed by atoms with E-state index in [-0.39, 0.29) is 0 Å². The molecule has 2 nitrogen and oxygen atoms in total. The number of fused-ring (bicyclic) bond motifs is 4. The van der Waals surface area contributed by atoms with Gasteiger partial charge in [0.15, 0.2) is 0 Å². The highest BCUT2D eigenvalue weighted by Gasteiger charge is 2.14. The zero-order valence-corrected chi connectivity index (χ0v) is 22.9. The van der Waals surface area contributed by atoms with Crippen molar-refractivity contribution in [2.45, 2.75) is 26.7 Å². The molecule has 0 amide bonds. The molecule has 0 aliphatic rings. The predicted octanol–water partition coefficient (Wildman–Crippen LogP) is 10.1. The topological polar surface area (TPSA) is 25.8 Å². The molecule has 0 aliphatic heterocycles. The van der Waals surface area contributed by atoms with Crippen LogP contribution in [0.2, 0.25) is 0 Å². The Hall–Kier alpha value is -4.82. The second-order valence-corrected chi connectivity index (χ2v) is 10.4. The molecule has 5 aromatic carbocycles. The Balaban J connectivity index is 1.43. The fourth-order valence-electron chi connectivity index (χ4n) is 5.86. The average molecular weight is 515 g/mol. The molecular weight excluding hydrogens is 484 g/mol. The van der Waals surface area contributed by atoms with E-state index in [9.17, 15) is 0 Å². The maximum atomic E-state index is 5.08.